The van der Waals surface area contributed by atoms with Gasteiger partial charge in [-0.1, -0.05) is 37.4 Å². The van der Waals surface area contributed by atoms with Crippen LogP contribution in [0.15, 0.2) is 73.4 Å². The number of terminal acetylenes is 1. The van der Waals surface area contributed by atoms with Gasteiger partial charge in [0.15, 0.2) is 22.9 Å². The van der Waals surface area contributed by atoms with Gasteiger partial charge in [0.1, 0.15) is 30.5 Å². The number of thioether (sulfide) groups is 1. The fourth-order valence-corrected chi connectivity index (χ4v) is 7.98. The van der Waals surface area contributed by atoms with E-state index in [0.717, 1.165) is 77.7 Å². The van der Waals surface area contributed by atoms with Crippen molar-refractivity contribution in [1.29, 1.82) is 5.41 Å². The molecule has 0 aliphatic carbocycles. The Hall–Kier alpha value is -4.91. The van der Waals surface area contributed by atoms with Gasteiger partial charge in [-0.2, -0.15) is 5.10 Å². The highest BCUT2D eigenvalue weighted by molar-refractivity contribution is 9.10. The third-order valence-corrected chi connectivity index (χ3v) is 11.4. The SMILES string of the molecule is C#C/C(=C\C=C(\F)CF)[C@@H]1CCNC[C@H]1NC.CCC.Cl.N=C(N)/C(=N\O)c1nc2c(C(=O)N3CCC(N)C3)cncc2[nH]1.O=CC1=CCC2=C(OCCn3ncc(Br)c3C2)S1. The lowest BCUT2D eigenvalue weighted by atomic mass is 9.86. The molecule has 4 aliphatic heterocycles. The zero-order chi connectivity index (χ0) is 44.5. The van der Waals surface area contributed by atoms with Crippen LogP contribution >= 0.6 is 40.1 Å². The Labute approximate surface area is 378 Å². The molecule has 0 radical (unpaired) electrons. The van der Waals surface area contributed by atoms with Crippen molar-refractivity contribution in [3.63, 3.8) is 0 Å². The summed E-state index contributed by atoms with van der Waals surface area (Å²) in [5.41, 5.74) is 15.3. The molecule has 21 heteroatoms. The van der Waals surface area contributed by atoms with Crippen molar-refractivity contribution in [2.24, 2.45) is 22.5 Å². The number of aromatic amines is 1. The Balaban J connectivity index is 0.000000241. The first-order chi connectivity index (χ1) is 29.4. The number of alkyl halides is 1. The standard InChI is InChI=1S/C13H18F2N2.C13H16N8O2.C12H11BrN2O2S.C3H8.ClH/c1-3-10(4-5-11(15)8-14)12-6-7-17-9-13(12)16-2;14-6-1-2-21(5-6)13(22)7-3-17-4-8-9(7)19-12(18-8)10(20-23)11(15)16;13-10-6-14-15-3-4-17-12-8(5-11(10)15)1-2-9(7-16)18-12;1-3-2;/h1,4-5,12-13,16-17H,6-9H2,2H3;3-4,6,23H,1-2,5,14H2,(H3,15,16)(H,18,19);2,6-7H,1,3-5H2;3H2,1-2H3;1H/b10-4+,11-5+;20-10+;;;/t12-,13+;;;;/m0..../s1. The van der Waals surface area contributed by atoms with Crippen LogP contribution in [0.25, 0.3) is 11.0 Å². The third-order valence-electron chi connectivity index (χ3n) is 9.69. The molecular weight excluding hydrogens is 910 g/mol. The van der Waals surface area contributed by atoms with E-state index in [1.54, 1.807) is 4.90 Å². The fraction of sp³-hybridized carbons (Fsp3) is 0.439. The normalized spacial score (nSPS) is 20.0. The van der Waals surface area contributed by atoms with E-state index in [-0.39, 0.29) is 47.9 Å². The van der Waals surface area contributed by atoms with Crippen molar-refractivity contribution < 1.29 is 28.3 Å². The summed E-state index contributed by atoms with van der Waals surface area (Å²) in [6.45, 7) is 7.27. The number of likely N-dealkylation sites (N-methyl/N-ethyl adjacent to an activating group) is 1. The second kappa shape index (κ2) is 25.9. The number of imidazole rings is 1. The number of allylic oxidation sites excluding steroid dienone is 6. The van der Waals surface area contributed by atoms with Crippen LogP contribution in [0.5, 0.6) is 0 Å². The summed E-state index contributed by atoms with van der Waals surface area (Å²) in [4.78, 5) is 36.9. The number of oxime groups is 1. The fourth-order valence-electron chi connectivity index (χ4n) is 6.67. The largest absolute Gasteiger partial charge is 0.485 e. The van der Waals surface area contributed by atoms with Crippen molar-refractivity contribution in [3.8, 4) is 12.3 Å². The molecule has 3 aromatic rings. The molecule has 4 aliphatic rings. The van der Waals surface area contributed by atoms with Gasteiger partial charge < -0.3 is 41.9 Å². The van der Waals surface area contributed by atoms with Crippen LogP contribution < -0.4 is 22.1 Å². The minimum absolute atomic E-state index is 0. The number of hydrogen-bond donors (Lipinski definition) is 7. The number of carbonyl (C=O) groups is 2. The van der Waals surface area contributed by atoms with E-state index in [1.807, 2.05) is 24.0 Å². The molecule has 2 fully saturated rings. The van der Waals surface area contributed by atoms with E-state index in [2.05, 4.69) is 71.5 Å². The number of rotatable bonds is 8. The van der Waals surface area contributed by atoms with Gasteiger partial charge in [-0.25, -0.2) is 13.8 Å². The number of amides is 1. The minimum atomic E-state index is -1.09. The van der Waals surface area contributed by atoms with E-state index >= 15 is 0 Å². The maximum Gasteiger partial charge on any atom is 0.257 e. The number of likely N-dealkylation sites (tertiary alicyclic amines) is 1. The zero-order valence-corrected chi connectivity index (χ0v) is 38.0. The molecular formula is C41H54BrClF2N12O4S. The number of fused-ring (bicyclic) bond motifs is 2. The number of halogens is 4. The number of hydrogen-bond acceptors (Lipinski definition) is 13. The average molecular weight is 964 g/mol. The first-order valence-electron chi connectivity index (χ1n) is 19.7. The summed E-state index contributed by atoms with van der Waals surface area (Å²) in [7, 11) is 1.87. The van der Waals surface area contributed by atoms with Gasteiger partial charge in [-0.05, 0) is 78.3 Å². The lowest BCUT2D eigenvalue weighted by molar-refractivity contribution is -0.104. The molecule has 0 bridgehead atoms. The molecule has 0 aromatic carbocycles. The van der Waals surface area contributed by atoms with E-state index in [4.69, 9.17) is 33.2 Å². The van der Waals surface area contributed by atoms with Gasteiger partial charge in [0.2, 0.25) is 0 Å². The molecule has 3 aromatic heterocycles. The number of nitrogens with one attached hydrogen (secondary N) is 4. The van der Waals surface area contributed by atoms with Gasteiger partial charge in [0.25, 0.3) is 5.91 Å². The number of pyridine rings is 1. The third kappa shape index (κ3) is 13.8. The number of aromatic nitrogens is 5. The zero-order valence-electron chi connectivity index (χ0n) is 34.8. The highest BCUT2D eigenvalue weighted by Crippen LogP contribution is 2.37. The van der Waals surface area contributed by atoms with Gasteiger partial charge in [-0.3, -0.25) is 24.7 Å². The molecule has 9 N–H and O–H groups in total. The summed E-state index contributed by atoms with van der Waals surface area (Å²) in [5.74, 6) is 1.39. The average Bonchev–Trinajstić information content (AvgIpc) is 3.99. The van der Waals surface area contributed by atoms with Crippen LogP contribution in [0, 0.1) is 23.7 Å². The lowest BCUT2D eigenvalue weighted by Crippen LogP contribution is -2.48. The summed E-state index contributed by atoms with van der Waals surface area (Å²) in [6, 6.07) is 0.208. The number of nitrogens with zero attached hydrogens (tertiary/aromatic N) is 6. The van der Waals surface area contributed by atoms with Crippen molar-refractivity contribution in [1.82, 2.24) is 40.3 Å². The molecule has 1 amide bonds. The number of carbonyl (C=O) groups excluding carboxylic acids is 2. The maximum atomic E-state index is 12.7. The van der Waals surface area contributed by atoms with Crippen LogP contribution in [0.3, 0.4) is 0 Å². The molecule has 62 heavy (non-hydrogen) atoms. The summed E-state index contributed by atoms with van der Waals surface area (Å²) in [5, 5.41) is 30.9. The topological polar surface area (TPSA) is 239 Å². The van der Waals surface area contributed by atoms with Gasteiger partial charge in [0.05, 0.1) is 45.1 Å². The van der Waals surface area contributed by atoms with Gasteiger partial charge >= 0.3 is 0 Å². The Bertz CT molecular complexity index is 2220. The smallest absolute Gasteiger partial charge is 0.257 e. The number of aldehydes is 1. The summed E-state index contributed by atoms with van der Waals surface area (Å²) in [6.07, 6.45) is 20.1. The number of H-pyrrole nitrogens is 1. The lowest BCUT2D eigenvalue weighted by Gasteiger charge is -2.32. The first kappa shape index (κ1) is 51.4. The molecule has 7 rings (SSSR count). The predicted molar refractivity (Wildman–Crippen MR) is 245 cm³/mol. The summed E-state index contributed by atoms with van der Waals surface area (Å²) < 4.78 is 33.5. The molecule has 16 nitrogen and oxygen atoms in total. The van der Waals surface area contributed by atoms with Crippen molar-refractivity contribution in [2.75, 3.05) is 46.5 Å². The molecule has 0 spiro atoms. The number of nitrogens with two attached hydrogens (primary N) is 2. The number of piperidine rings is 1. The van der Waals surface area contributed by atoms with E-state index in [9.17, 15) is 18.4 Å². The molecule has 2 saturated heterocycles. The highest BCUT2D eigenvalue weighted by Gasteiger charge is 2.28. The molecule has 7 heterocycles. The van der Waals surface area contributed by atoms with Crippen LogP contribution in [0.1, 0.15) is 61.4 Å². The molecule has 1 unspecified atom stereocenters. The maximum absolute atomic E-state index is 12.7. The predicted octanol–water partition coefficient (Wildman–Crippen LogP) is 5.30. The van der Waals surface area contributed by atoms with E-state index in [0.29, 0.717) is 36.3 Å². The minimum Gasteiger partial charge on any atom is -0.485 e. The second-order valence-electron chi connectivity index (χ2n) is 14.2. The Kier molecular flexibility index (Phi) is 21.5. The van der Waals surface area contributed by atoms with Crippen LogP contribution in [-0.4, -0.2) is 117 Å². The number of amidine groups is 1. The van der Waals surface area contributed by atoms with E-state index in [1.165, 1.54) is 47.9 Å². The van der Waals surface area contributed by atoms with Gasteiger partial charge in [0, 0.05) is 55.8 Å². The van der Waals surface area contributed by atoms with Crippen LogP contribution in [0.2, 0.25) is 0 Å². The molecule has 3 atom stereocenters. The number of ether oxygens (including phenoxy) is 1. The van der Waals surface area contributed by atoms with Gasteiger partial charge in [-0.15, -0.1) is 18.8 Å². The van der Waals surface area contributed by atoms with Crippen LogP contribution in [-0.2, 0) is 22.5 Å². The Morgan fingerprint density at radius 1 is 1.27 bits per heavy atom. The van der Waals surface area contributed by atoms with Crippen molar-refractivity contribution in [3.05, 3.63) is 85.3 Å². The Morgan fingerprint density at radius 2 is 2.03 bits per heavy atom. The Morgan fingerprint density at radius 3 is 2.66 bits per heavy atom. The first-order valence-corrected chi connectivity index (χ1v) is 21.3. The molecule has 336 valence electrons. The molecule has 0 saturated carbocycles. The quantitative estimate of drug-likeness (QED) is 0.0290. The summed E-state index contributed by atoms with van der Waals surface area (Å²) >= 11 is 4.96. The van der Waals surface area contributed by atoms with E-state index < -0.39 is 18.3 Å². The highest BCUT2D eigenvalue weighted by atomic mass is 79.9. The van der Waals surface area contributed by atoms with Crippen molar-refractivity contribution >= 4 is 74.9 Å². The second-order valence-corrected chi connectivity index (χ2v) is 16.1. The van der Waals surface area contributed by atoms with Crippen LogP contribution in [0.4, 0.5) is 8.78 Å². The van der Waals surface area contributed by atoms with Crippen molar-refractivity contribution in [2.45, 2.75) is 64.6 Å². The monoisotopic (exact) mass is 962 g/mol.